The van der Waals surface area contributed by atoms with Crippen LogP contribution in [0.3, 0.4) is 0 Å². The van der Waals surface area contributed by atoms with Crippen LogP contribution in [0.4, 0.5) is 0 Å². The van der Waals surface area contributed by atoms with E-state index in [9.17, 15) is 4.79 Å². The molecule has 100 valence electrons. The van der Waals surface area contributed by atoms with Gasteiger partial charge < -0.3 is 4.74 Å². The summed E-state index contributed by atoms with van der Waals surface area (Å²) in [5, 5.41) is 4.57. The van der Waals surface area contributed by atoms with Gasteiger partial charge in [0.15, 0.2) is 5.78 Å². The Balaban J connectivity index is 2.25. The van der Waals surface area contributed by atoms with Crippen LogP contribution in [-0.2, 0) is 13.0 Å². The fraction of sp³-hybridized carbons (Fsp3) is 0.308. The van der Waals surface area contributed by atoms with Crippen LogP contribution in [0.25, 0.3) is 0 Å². The van der Waals surface area contributed by atoms with E-state index in [1.807, 2.05) is 6.92 Å². The Morgan fingerprint density at radius 1 is 1.47 bits per heavy atom. The van der Waals surface area contributed by atoms with Gasteiger partial charge in [0.2, 0.25) is 0 Å². The predicted molar refractivity (Wildman–Crippen MR) is 71.7 cm³/mol. The van der Waals surface area contributed by atoms with E-state index >= 15 is 0 Å². The average molecular weight is 280 g/mol. The van der Waals surface area contributed by atoms with Crippen molar-refractivity contribution in [1.82, 2.24) is 14.8 Å². The molecule has 0 fully saturated rings. The van der Waals surface area contributed by atoms with Gasteiger partial charge in [-0.3, -0.25) is 4.79 Å². The first-order chi connectivity index (χ1) is 9.15. The average Bonchev–Trinajstić information content (AvgIpc) is 2.85. The first kappa shape index (κ1) is 13.5. The van der Waals surface area contributed by atoms with Gasteiger partial charge in [-0.2, -0.15) is 5.10 Å². The van der Waals surface area contributed by atoms with Crippen molar-refractivity contribution in [2.24, 2.45) is 0 Å². The molecule has 6 heteroatoms. The minimum atomic E-state index is -0.0729. The van der Waals surface area contributed by atoms with Crippen molar-refractivity contribution >= 4 is 17.4 Å². The van der Waals surface area contributed by atoms with Gasteiger partial charge in [-0.15, -0.1) is 0 Å². The second-order valence-corrected chi connectivity index (χ2v) is 4.37. The minimum absolute atomic E-state index is 0.0729. The highest BCUT2D eigenvalue weighted by Gasteiger charge is 2.16. The zero-order valence-electron chi connectivity index (χ0n) is 10.8. The Kier molecular flexibility index (Phi) is 4.16. The number of ether oxygens (including phenoxy) is 1. The highest BCUT2D eigenvalue weighted by atomic mass is 35.5. The standard InChI is InChI=1S/C13H14ClN3O2/c1-3-17-13(15-8-16-17)7-11(18)10-5-4-9(14)6-12(10)19-2/h4-6,8H,3,7H2,1-2H3. The number of ketones is 1. The largest absolute Gasteiger partial charge is 0.496 e. The lowest BCUT2D eigenvalue weighted by Gasteiger charge is -2.08. The van der Waals surface area contributed by atoms with Crippen LogP contribution < -0.4 is 4.74 Å². The first-order valence-corrected chi connectivity index (χ1v) is 6.27. The van der Waals surface area contributed by atoms with Gasteiger partial charge in [0.05, 0.1) is 19.1 Å². The summed E-state index contributed by atoms with van der Waals surface area (Å²) in [6.45, 7) is 2.63. The fourth-order valence-corrected chi connectivity index (χ4v) is 1.99. The zero-order chi connectivity index (χ0) is 13.8. The minimum Gasteiger partial charge on any atom is -0.496 e. The number of carbonyl (C=O) groups is 1. The van der Waals surface area contributed by atoms with Gasteiger partial charge in [0.1, 0.15) is 17.9 Å². The Hall–Kier alpha value is -1.88. The normalized spacial score (nSPS) is 10.5. The van der Waals surface area contributed by atoms with Crippen molar-refractivity contribution in [1.29, 1.82) is 0 Å². The molecule has 1 aromatic heterocycles. The van der Waals surface area contributed by atoms with Gasteiger partial charge in [-0.1, -0.05) is 11.6 Å². The highest BCUT2D eigenvalue weighted by Crippen LogP contribution is 2.24. The molecular formula is C13H14ClN3O2. The molecule has 0 saturated heterocycles. The van der Waals surface area contributed by atoms with Crippen molar-refractivity contribution in [3.63, 3.8) is 0 Å². The number of hydrogen-bond acceptors (Lipinski definition) is 4. The zero-order valence-corrected chi connectivity index (χ0v) is 11.5. The fourth-order valence-electron chi connectivity index (χ4n) is 1.82. The quantitative estimate of drug-likeness (QED) is 0.789. The molecule has 2 aromatic rings. The van der Waals surface area contributed by atoms with Gasteiger partial charge in [-0.05, 0) is 25.1 Å². The first-order valence-electron chi connectivity index (χ1n) is 5.89. The lowest BCUT2D eigenvalue weighted by molar-refractivity contribution is 0.0986. The molecule has 0 aliphatic carbocycles. The number of carbonyl (C=O) groups excluding carboxylic acids is 1. The molecule has 0 aliphatic rings. The summed E-state index contributed by atoms with van der Waals surface area (Å²) in [6, 6.07) is 4.96. The van der Waals surface area contributed by atoms with Crippen LogP contribution in [0, 0.1) is 0 Å². The molecule has 0 atom stereocenters. The van der Waals surface area contributed by atoms with Crippen molar-refractivity contribution in [3.05, 3.63) is 40.9 Å². The van der Waals surface area contributed by atoms with Crippen LogP contribution in [0.15, 0.2) is 24.5 Å². The van der Waals surface area contributed by atoms with E-state index in [0.29, 0.717) is 28.7 Å². The molecule has 5 nitrogen and oxygen atoms in total. The van der Waals surface area contributed by atoms with Crippen LogP contribution >= 0.6 is 11.6 Å². The van der Waals surface area contributed by atoms with Gasteiger partial charge >= 0.3 is 0 Å². The van der Waals surface area contributed by atoms with Gasteiger partial charge in [-0.25, -0.2) is 9.67 Å². The summed E-state index contributed by atoms with van der Waals surface area (Å²) >= 11 is 5.87. The number of aromatic nitrogens is 3. The van der Waals surface area contributed by atoms with Crippen LogP contribution in [0.1, 0.15) is 23.1 Å². The second-order valence-electron chi connectivity index (χ2n) is 3.94. The summed E-state index contributed by atoms with van der Waals surface area (Å²) in [5.41, 5.74) is 0.498. The molecule has 0 saturated carbocycles. The molecule has 0 unspecified atom stereocenters. The van der Waals surface area contributed by atoms with E-state index in [1.165, 1.54) is 13.4 Å². The number of nitrogens with zero attached hydrogens (tertiary/aromatic N) is 3. The maximum atomic E-state index is 12.3. The molecule has 0 spiro atoms. The Morgan fingerprint density at radius 3 is 2.95 bits per heavy atom. The van der Waals surface area contributed by atoms with E-state index in [0.717, 1.165) is 0 Å². The second kappa shape index (κ2) is 5.84. The smallest absolute Gasteiger partial charge is 0.174 e. The molecule has 0 amide bonds. The third-order valence-electron chi connectivity index (χ3n) is 2.78. The molecular weight excluding hydrogens is 266 g/mol. The monoisotopic (exact) mass is 279 g/mol. The number of benzene rings is 1. The maximum Gasteiger partial charge on any atom is 0.174 e. The number of methoxy groups -OCH3 is 1. The Labute approximate surface area is 116 Å². The molecule has 0 N–H and O–H groups in total. The Bertz CT molecular complexity index is 595. The van der Waals surface area contributed by atoms with Gasteiger partial charge in [0.25, 0.3) is 0 Å². The van der Waals surface area contributed by atoms with Crippen molar-refractivity contribution < 1.29 is 9.53 Å². The van der Waals surface area contributed by atoms with Gasteiger partial charge in [0, 0.05) is 11.6 Å². The van der Waals surface area contributed by atoms with Crippen LogP contribution in [0.5, 0.6) is 5.75 Å². The van der Waals surface area contributed by atoms with E-state index < -0.39 is 0 Å². The highest BCUT2D eigenvalue weighted by molar-refractivity contribution is 6.30. The summed E-state index contributed by atoms with van der Waals surface area (Å²) in [4.78, 5) is 16.4. The van der Waals surface area contributed by atoms with E-state index in [2.05, 4.69) is 10.1 Å². The molecule has 1 aromatic carbocycles. The van der Waals surface area contributed by atoms with E-state index in [1.54, 1.807) is 22.9 Å². The third kappa shape index (κ3) is 2.93. The number of hydrogen-bond donors (Lipinski definition) is 0. The van der Waals surface area contributed by atoms with E-state index in [-0.39, 0.29) is 12.2 Å². The summed E-state index contributed by atoms with van der Waals surface area (Å²) in [7, 11) is 1.51. The Morgan fingerprint density at radius 2 is 2.26 bits per heavy atom. The molecule has 2 rings (SSSR count). The topological polar surface area (TPSA) is 57.0 Å². The summed E-state index contributed by atoms with van der Waals surface area (Å²) in [6.07, 6.45) is 1.64. The maximum absolute atomic E-state index is 12.3. The van der Waals surface area contributed by atoms with Crippen LogP contribution in [-0.4, -0.2) is 27.7 Å². The lowest BCUT2D eigenvalue weighted by Crippen LogP contribution is -2.11. The lowest BCUT2D eigenvalue weighted by atomic mass is 10.1. The number of rotatable bonds is 5. The molecule has 0 aliphatic heterocycles. The predicted octanol–water partition coefficient (Wildman–Crippen LogP) is 2.39. The molecule has 19 heavy (non-hydrogen) atoms. The summed E-state index contributed by atoms with van der Waals surface area (Å²) < 4.78 is 6.87. The van der Waals surface area contributed by atoms with E-state index in [4.69, 9.17) is 16.3 Å². The number of halogens is 1. The molecule has 1 heterocycles. The molecule has 0 bridgehead atoms. The molecule has 0 radical (unpaired) electrons. The van der Waals surface area contributed by atoms with Crippen molar-refractivity contribution in [2.45, 2.75) is 19.9 Å². The summed E-state index contributed by atoms with van der Waals surface area (Å²) in [5.74, 6) is 1.04. The van der Waals surface area contributed by atoms with Crippen LogP contribution in [0.2, 0.25) is 5.02 Å². The van der Waals surface area contributed by atoms with Crippen molar-refractivity contribution in [3.8, 4) is 5.75 Å². The number of Topliss-reactive ketones (excluding diaryl/α,β-unsaturated/α-hetero) is 1. The third-order valence-corrected chi connectivity index (χ3v) is 3.01. The van der Waals surface area contributed by atoms with Crippen molar-refractivity contribution in [2.75, 3.05) is 7.11 Å². The SMILES string of the molecule is CCn1ncnc1CC(=O)c1ccc(Cl)cc1OC. The number of aryl methyl sites for hydroxylation is 1.